The Morgan fingerprint density at radius 1 is 1.47 bits per heavy atom. The van der Waals surface area contributed by atoms with Crippen molar-refractivity contribution in [3.63, 3.8) is 0 Å². The molecule has 0 aromatic heterocycles. The molecular weight excluding hydrogens is 274 g/mol. The Morgan fingerprint density at radius 3 is 2.53 bits per heavy atom. The zero-order chi connectivity index (χ0) is 11.3. The van der Waals surface area contributed by atoms with Crippen LogP contribution in [-0.4, -0.2) is 17.0 Å². The number of halogens is 1. The Bertz CT molecular complexity index is 326. The first kappa shape index (κ1) is 12.6. The molecule has 0 bridgehead atoms. The fourth-order valence-electron chi connectivity index (χ4n) is 1.08. The molecule has 0 aliphatic heterocycles. The zero-order valence-electron chi connectivity index (χ0n) is 8.79. The first-order valence-corrected chi connectivity index (χ1v) is 6.90. The lowest BCUT2D eigenvalue weighted by molar-refractivity contribution is -0.115. The first-order valence-electron chi connectivity index (χ1n) is 4.76. The zero-order valence-corrected chi connectivity index (χ0v) is 11.2. The lowest BCUT2D eigenvalue weighted by Gasteiger charge is -2.08. The highest BCUT2D eigenvalue weighted by atomic mass is 79.9. The number of nitrogens with one attached hydrogen (secondary N) is 1. The summed E-state index contributed by atoms with van der Waals surface area (Å²) in [4.78, 5) is 12.6. The lowest BCUT2D eigenvalue weighted by atomic mass is 10.3. The van der Waals surface area contributed by atoms with Crippen molar-refractivity contribution in [1.29, 1.82) is 0 Å². The molecule has 0 aliphatic carbocycles. The quantitative estimate of drug-likeness (QED) is 0.678. The van der Waals surface area contributed by atoms with Crippen LogP contribution in [0.5, 0.6) is 0 Å². The Hall–Kier alpha value is -0.480. The summed E-state index contributed by atoms with van der Waals surface area (Å²) >= 11 is 5.00. The van der Waals surface area contributed by atoms with E-state index in [0.717, 1.165) is 12.1 Å². The molecule has 1 N–H and O–H groups in total. The van der Waals surface area contributed by atoms with Crippen molar-refractivity contribution in [3.8, 4) is 0 Å². The summed E-state index contributed by atoms with van der Waals surface area (Å²) in [6, 6.07) is 7.82. The molecule has 0 saturated carbocycles. The van der Waals surface area contributed by atoms with Crippen molar-refractivity contribution in [2.45, 2.75) is 23.1 Å². The maximum atomic E-state index is 11.5. The molecule has 4 heteroatoms. The topological polar surface area (TPSA) is 29.1 Å². The van der Waals surface area contributed by atoms with Crippen LogP contribution in [0.2, 0.25) is 0 Å². The molecule has 0 aliphatic rings. The van der Waals surface area contributed by atoms with Gasteiger partial charge in [0.05, 0.1) is 4.83 Å². The third-order valence-electron chi connectivity index (χ3n) is 2.00. The summed E-state index contributed by atoms with van der Waals surface area (Å²) in [5.74, 6) is 0.00871. The van der Waals surface area contributed by atoms with E-state index >= 15 is 0 Å². The van der Waals surface area contributed by atoms with E-state index in [4.69, 9.17) is 0 Å². The number of alkyl halides is 1. The molecule has 0 radical (unpaired) electrons. The smallest absolute Gasteiger partial charge is 0.238 e. The van der Waals surface area contributed by atoms with Gasteiger partial charge in [-0.15, -0.1) is 11.8 Å². The molecule has 1 atom stereocenters. The van der Waals surface area contributed by atoms with E-state index in [1.807, 2.05) is 37.4 Å². The maximum absolute atomic E-state index is 11.5. The maximum Gasteiger partial charge on any atom is 0.238 e. The average Bonchev–Trinajstić information content (AvgIpc) is 2.29. The molecule has 2 nitrogen and oxygen atoms in total. The molecule has 0 heterocycles. The van der Waals surface area contributed by atoms with Crippen LogP contribution in [0.3, 0.4) is 0 Å². The van der Waals surface area contributed by atoms with Crippen molar-refractivity contribution < 1.29 is 4.79 Å². The highest BCUT2D eigenvalue weighted by molar-refractivity contribution is 9.10. The van der Waals surface area contributed by atoms with Crippen molar-refractivity contribution in [2.24, 2.45) is 0 Å². The van der Waals surface area contributed by atoms with E-state index in [1.54, 1.807) is 11.8 Å². The second-order valence-corrected chi connectivity index (χ2v) is 5.08. The molecule has 1 amide bonds. The van der Waals surface area contributed by atoms with Gasteiger partial charge >= 0.3 is 0 Å². The second-order valence-electron chi connectivity index (χ2n) is 3.09. The third-order valence-corrected chi connectivity index (χ3v) is 3.81. The normalized spacial score (nSPS) is 12.2. The second kappa shape index (κ2) is 6.18. The van der Waals surface area contributed by atoms with Gasteiger partial charge in [0.15, 0.2) is 0 Å². The van der Waals surface area contributed by atoms with Crippen LogP contribution in [0.4, 0.5) is 5.69 Å². The van der Waals surface area contributed by atoms with Gasteiger partial charge in [-0.1, -0.05) is 22.9 Å². The Balaban J connectivity index is 2.61. The van der Waals surface area contributed by atoms with Crippen LogP contribution in [-0.2, 0) is 4.79 Å². The number of hydrogen-bond donors (Lipinski definition) is 1. The molecule has 0 saturated heterocycles. The van der Waals surface area contributed by atoms with Crippen LogP contribution in [0.25, 0.3) is 0 Å². The van der Waals surface area contributed by atoms with Gasteiger partial charge in [0, 0.05) is 10.6 Å². The molecule has 0 spiro atoms. The minimum atomic E-state index is -0.113. The number of hydrogen-bond acceptors (Lipinski definition) is 2. The van der Waals surface area contributed by atoms with Gasteiger partial charge in [0.25, 0.3) is 0 Å². The lowest BCUT2D eigenvalue weighted by Crippen LogP contribution is -2.21. The van der Waals surface area contributed by atoms with Gasteiger partial charge in [-0.05, 0) is 36.9 Å². The third kappa shape index (κ3) is 3.87. The van der Waals surface area contributed by atoms with Crippen molar-refractivity contribution >= 4 is 39.3 Å². The van der Waals surface area contributed by atoms with E-state index in [0.29, 0.717) is 0 Å². The highest BCUT2D eigenvalue weighted by Crippen LogP contribution is 2.18. The van der Waals surface area contributed by atoms with Gasteiger partial charge in [-0.3, -0.25) is 4.79 Å². The number of amides is 1. The van der Waals surface area contributed by atoms with E-state index in [-0.39, 0.29) is 10.7 Å². The van der Waals surface area contributed by atoms with Gasteiger partial charge in [-0.2, -0.15) is 0 Å². The molecule has 1 unspecified atom stereocenters. The Morgan fingerprint density at radius 2 is 2.07 bits per heavy atom. The number of thioether (sulfide) groups is 1. The van der Waals surface area contributed by atoms with Crippen LogP contribution in [0, 0.1) is 0 Å². The molecule has 82 valence electrons. The predicted molar refractivity (Wildman–Crippen MR) is 69.9 cm³/mol. The predicted octanol–water partition coefficient (Wildman–Crippen LogP) is 3.52. The van der Waals surface area contributed by atoms with Gasteiger partial charge in [0.1, 0.15) is 0 Å². The fraction of sp³-hybridized carbons (Fsp3) is 0.364. The molecule has 1 aromatic carbocycles. The minimum absolute atomic E-state index is 0.00871. The molecule has 0 fully saturated rings. The monoisotopic (exact) mass is 287 g/mol. The fourth-order valence-corrected chi connectivity index (χ4v) is 1.60. The van der Waals surface area contributed by atoms with Crippen LogP contribution >= 0.6 is 27.7 Å². The number of carbonyl (C=O) groups excluding carboxylic acids is 1. The van der Waals surface area contributed by atoms with Gasteiger partial charge in [-0.25, -0.2) is 0 Å². The van der Waals surface area contributed by atoms with Crippen molar-refractivity contribution in [2.75, 3.05) is 11.6 Å². The molecule has 1 rings (SSSR count). The van der Waals surface area contributed by atoms with Crippen molar-refractivity contribution in [1.82, 2.24) is 0 Å². The van der Waals surface area contributed by atoms with Crippen LogP contribution < -0.4 is 5.32 Å². The summed E-state index contributed by atoms with van der Waals surface area (Å²) in [5.41, 5.74) is 0.843. The molecule has 15 heavy (non-hydrogen) atoms. The van der Waals surface area contributed by atoms with Crippen molar-refractivity contribution in [3.05, 3.63) is 24.3 Å². The number of anilines is 1. The number of benzene rings is 1. The summed E-state index contributed by atoms with van der Waals surface area (Å²) in [7, 11) is 0. The number of carbonyl (C=O) groups is 1. The van der Waals surface area contributed by atoms with Crippen LogP contribution in [0.15, 0.2) is 29.2 Å². The molecule has 1 aromatic rings. The standard InChI is InChI=1S/C11H14BrNOS/c1-3-10(12)11(14)13-8-4-6-9(15-2)7-5-8/h4-7,10H,3H2,1-2H3,(H,13,14). The SMILES string of the molecule is CCC(Br)C(=O)Nc1ccc(SC)cc1. The van der Waals surface area contributed by atoms with Crippen LogP contribution in [0.1, 0.15) is 13.3 Å². The minimum Gasteiger partial charge on any atom is -0.325 e. The summed E-state index contributed by atoms with van der Waals surface area (Å²) < 4.78 is 0. The van der Waals surface area contributed by atoms with E-state index < -0.39 is 0 Å². The van der Waals surface area contributed by atoms with E-state index in [1.165, 1.54) is 4.90 Å². The largest absolute Gasteiger partial charge is 0.325 e. The molecular formula is C11H14BrNOS. The Kier molecular flexibility index (Phi) is 5.19. The first-order chi connectivity index (χ1) is 7.17. The Labute approximate surface area is 103 Å². The summed E-state index contributed by atoms with van der Waals surface area (Å²) in [6.07, 6.45) is 2.81. The van der Waals surface area contributed by atoms with E-state index in [2.05, 4.69) is 21.2 Å². The van der Waals surface area contributed by atoms with Gasteiger partial charge in [0.2, 0.25) is 5.91 Å². The average molecular weight is 288 g/mol. The summed E-state index contributed by atoms with van der Waals surface area (Å²) in [5, 5.41) is 2.85. The summed E-state index contributed by atoms with van der Waals surface area (Å²) in [6.45, 7) is 1.97. The number of rotatable bonds is 4. The highest BCUT2D eigenvalue weighted by Gasteiger charge is 2.11. The van der Waals surface area contributed by atoms with Gasteiger partial charge < -0.3 is 5.32 Å². The van der Waals surface area contributed by atoms with E-state index in [9.17, 15) is 4.79 Å².